The zero-order valence-corrected chi connectivity index (χ0v) is 24.2. The highest BCUT2D eigenvalue weighted by Gasteiger charge is 2.33. The lowest BCUT2D eigenvalue weighted by Gasteiger charge is -2.25. The number of halogens is 2. The van der Waals surface area contributed by atoms with E-state index >= 15 is 0 Å². The molecule has 3 aromatic rings. The van der Waals surface area contributed by atoms with Crippen molar-refractivity contribution in [3.05, 3.63) is 104 Å². The first-order valence-corrected chi connectivity index (χ1v) is 13.8. The van der Waals surface area contributed by atoms with E-state index in [1.165, 1.54) is 18.4 Å². The van der Waals surface area contributed by atoms with Gasteiger partial charge in [-0.1, -0.05) is 61.2 Å². The van der Waals surface area contributed by atoms with Gasteiger partial charge in [0.05, 0.1) is 36.1 Å². The lowest BCUT2D eigenvalue weighted by molar-refractivity contribution is -0.136. The number of methoxy groups -OCH3 is 1. The third kappa shape index (κ3) is 5.17. The average Bonchev–Trinajstić information content (AvgIpc) is 3.16. The summed E-state index contributed by atoms with van der Waals surface area (Å²) in [6.07, 6.45) is 4.11. The number of carbonyl (C=O) groups excluding carboxylic acids is 1. The largest absolute Gasteiger partial charge is 0.487 e. The summed E-state index contributed by atoms with van der Waals surface area (Å²) < 4.78 is 14.9. The highest BCUT2D eigenvalue weighted by Crippen LogP contribution is 2.32. The Hall–Kier alpha value is -2.25. The molecule has 0 aliphatic carbocycles. The third-order valence-electron chi connectivity index (χ3n) is 5.43. The fourth-order valence-electron chi connectivity index (χ4n) is 3.91. The molecule has 2 heterocycles. The van der Waals surface area contributed by atoms with Gasteiger partial charge in [0.1, 0.15) is 12.4 Å². The minimum Gasteiger partial charge on any atom is -0.487 e. The second kappa shape index (κ2) is 11.2. The maximum absolute atomic E-state index is 13.7. The van der Waals surface area contributed by atoms with Crippen molar-refractivity contribution < 1.29 is 14.3 Å². The normalized spacial score (nSPS) is 15.4. The molecule has 0 radical (unpaired) electrons. The minimum atomic E-state index is -0.605. The average molecular weight is 712 g/mol. The van der Waals surface area contributed by atoms with Gasteiger partial charge in [0.15, 0.2) is 4.80 Å². The molecule has 0 unspecified atom stereocenters. The van der Waals surface area contributed by atoms with Crippen LogP contribution < -0.4 is 19.6 Å². The molecule has 4 rings (SSSR count). The van der Waals surface area contributed by atoms with Crippen LogP contribution in [0.15, 0.2) is 76.2 Å². The second-order valence-corrected chi connectivity index (χ2v) is 10.9. The van der Waals surface area contributed by atoms with Crippen LogP contribution in [0.3, 0.4) is 0 Å². The molecule has 1 aliphatic heterocycles. The van der Waals surface area contributed by atoms with Crippen molar-refractivity contribution in [1.82, 2.24) is 4.57 Å². The molecular formula is C26H22I2N2O4S. The second-order valence-electron chi connectivity index (χ2n) is 7.61. The molecule has 1 atom stereocenters. The summed E-state index contributed by atoms with van der Waals surface area (Å²) >= 11 is 5.78. The van der Waals surface area contributed by atoms with Crippen LogP contribution in [0.5, 0.6) is 5.75 Å². The summed E-state index contributed by atoms with van der Waals surface area (Å²) in [4.78, 5) is 31.8. The van der Waals surface area contributed by atoms with Crippen LogP contribution in [0, 0.1) is 7.14 Å². The Kier molecular flexibility index (Phi) is 8.27. The minimum absolute atomic E-state index is 0.198. The monoisotopic (exact) mass is 712 g/mol. The van der Waals surface area contributed by atoms with E-state index in [0.717, 1.165) is 24.0 Å². The van der Waals surface area contributed by atoms with Gasteiger partial charge < -0.3 is 9.47 Å². The fraction of sp³-hybridized carbons (Fsp3) is 0.192. The van der Waals surface area contributed by atoms with Gasteiger partial charge in [-0.25, -0.2) is 9.79 Å². The zero-order valence-electron chi connectivity index (χ0n) is 19.1. The van der Waals surface area contributed by atoms with Crippen molar-refractivity contribution in [2.24, 2.45) is 4.99 Å². The number of fused-ring (bicyclic) bond motifs is 1. The van der Waals surface area contributed by atoms with E-state index in [0.29, 0.717) is 33.6 Å². The van der Waals surface area contributed by atoms with E-state index in [9.17, 15) is 9.59 Å². The van der Waals surface area contributed by atoms with E-state index in [1.807, 2.05) is 55.5 Å². The topological polar surface area (TPSA) is 69.9 Å². The molecule has 9 heteroatoms. The van der Waals surface area contributed by atoms with Gasteiger partial charge in [-0.15, -0.1) is 0 Å². The van der Waals surface area contributed by atoms with Crippen molar-refractivity contribution in [2.75, 3.05) is 13.7 Å². The first-order valence-electron chi connectivity index (χ1n) is 10.8. The highest BCUT2D eigenvalue weighted by molar-refractivity contribution is 14.1. The van der Waals surface area contributed by atoms with E-state index < -0.39 is 12.0 Å². The number of rotatable bonds is 7. The first kappa shape index (κ1) is 25.8. The number of carbonyl (C=O) groups is 1. The van der Waals surface area contributed by atoms with Gasteiger partial charge in [0.25, 0.3) is 5.56 Å². The van der Waals surface area contributed by atoms with Crippen molar-refractivity contribution in [3.8, 4) is 5.75 Å². The molecule has 6 nitrogen and oxygen atoms in total. The Balaban J connectivity index is 1.92. The Labute approximate surface area is 234 Å². The summed E-state index contributed by atoms with van der Waals surface area (Å²) in [5.74, 6) is 0.317. The number of hydrogen-bond donors (Lipinski definition) is 0. The van der Waals surface area contributed by atoms with Gasteiger partial charge in [-0.2, -0.15) is 0 Å². The third-order valence-corrected chi connectivity index (χ3v) is 8.01. The van der Waals surface area contributed by atoms with E-state index in [-0.39, 0.29) is 5.56 Å². The van der Waals surface area contributed by atoms with Gasteiger partial charge >= 0.3 is 5.97 Å². The number of nitrogens with zero attached hydrogens (tertiary/aromatic N) is 2. The predicted octanol–water partition coefficient (Wildman–Crippen LogP) is 4.57. The Morgan fingerprint density at radius 1 is 1.23 bits per heavy atom. The number of hydrogen-bond acceptors (Lipinski definition) is 6. The predicted molar refractivity (Wildman–Crippen MR) is 154 cm³/mol. The summed E-state index contributed by atoms with van der Waals surface area (Å²) in [6.45, 7) is 6.06. The highest BCUT2D eigenvalue weighted by atomic mass is 127. The van der Waals surface area contributed by atoms with Crippen molar-refractivity contribution >= 4 is 68.6 Å². The van der Waals surface area contributed by atoms with E-state index in [2.05, 4.69) is 51.8 Å². The van der Waals surface area contributed by atoms with Crippen LogP contribution in [0.25, 0.3) is 6.08 Å². The molecule has 35 heavy (non-hydrogen) atoms. The molecule has 0 bridgehead atoms. The number of benzene rings is 2. The van der Waals surface area contributed by atoms with Crippen LogP contribution in [-0.2, 0) is 9.53 Å². The quantitative estimate of drug-likeness (QED) is 0.205. The summed E-state index contributed by atoms with van der Waals surface area (Å²) in [5.41, 5.74) is 2.54. The van der Waals surface area contributed by atoms with E-state index in [1.54, 1.807) is 10.6 Å². The summed E-state index contributed by atoms with van der Waals surface area (Å²) in [6, 6.07) is 12.9. The lowest BCUT2D eigenvalue weighted by atomic mass is 9.95. The zero-order chi connectivity index (χ0) is 25.1. The summed E-state index contributed by atoms with van der Waals surface area (Å²) in [5, 5.41) is 0. The number of ether oxygens (including phenoxy) is 2. The number of aromatic nitrogens is 1. The SMILES string of the molecule is C=CCOc1c(I)cc(/C=c2\sc3n(c2=O)[C@H](c2ccccc2)C(C(=O)OC)=C(CC)N=3)cc1I. The Morgan fingerprint density at radius 2 is 1.91 bits per heavy atom. The van der Waals surface area contributed by atoms with Crippen LogP contribution in [0.1, 0.15) is 30.5 Å². The number of allylic oxidation sites excluding steroid dienone is 1. The molecule has 0 amide bonds. The molecule has 1 aromatic heterocycles. The molecule has 180 valence electrons. The summed E-state index contributed by atoms with van der Waals surface area (Å²) in [7, 11) is 1.35. The number of esters is 1. The molecule has 0 N–H and O–H groups in total. The molecule has 0 saturated heterocycles. The van der Waals surface area contributed by atoms with Crippen molar-refractivity contribution in [3.63, 3.8) is 0 Å². The Bertz CT molecular complexity index is 1480. The molecule has 0 fully saturated rings. The molecule has 2 aromatic carbocycles. The lowest BCUT2D eigenvalue weighted by Crippen LogP contribution is -2.40. The van der Waals surface area contributed by atoms with Gasteiger partial charge in [-0.05, 0) is 80.9 Å². The standard InChI is InChI=1S/C26H22I2N2O4S/c1-4-11-34-23-17(27)12-15(13-18(23)28)14-20-24(31)30-22(16-9-7-6-8-10-16)21(25(32)33-3)19(5-2)29-26(30)35-20/h4,6-10,12-14,22H,1,5,11H2,2-3H3/b20-14-/t22-/m1/s1. The van der Waals surface area contributed by atoms with Crippen LogP contribution >= 0.6 is 56.5 Å². The number of thiazole rings is 1. The maximum atomic E-state index is 13.7. The maximum Gasteiger partial charge on any atom is 0.338 e. The smallest absolute Gasteiger partial charge is 0.338 e. The molecule has 1 aliphatic rings. The molecule has 0 spiro atoms. The molecular weight excluding hydrogens is 690 g/mol. The van der Waals surface area contributed by atoms with Crippen LogP contribution in [0.4, 0.5) is 0 Å². The fourth-order valence-corrected chi connectivity index (χ4v) is 7.06. The van der Waals surface area contributed by atoms with Crippen molar-refractivity contribution in [2.45, 2.75) is 19.4 Å². The van der Waals surface area contributed by atoms with Crippen molar-refractivity contribution in [1.29, 1.82) is 0 Å². The van der Waals surface area contributed by atoms with Crippen LogP contribution in [-0.4, -0.2) is 24.3 Å². The van der Waals surface area contributed by atoms with Gasteiger partial charge in [-0.3, -0.25) is 9.36 Å². The van der Waals surface area contributed by atoms with Gasteiger partial charge in [0, 0.05) is 0 Å². The first-order chi connectivity index (χ1) is 16.9. The van der Waals surface area contributed by atoms with Crippen LogP contribution in [0.2, 0.25) is 0 Å². The van der Waals surface area contributed by atoms with Gasteiger partial charge in [0.2, 0.25) is 0 Å². The Morgan fingerprint density at radius 3 is 2.51 bits per heavy atom. The molecule has 0 saturated carbocycles. The van der Waals surface area contributed by atoms with E-state index in [4.69, 9.17) is 14.5 Å².